The molecule has 5 rings (SSSR count). The smallest absolute Gasteiger partial charge is 0.339 e. The highest BCUT2D eigenvalue weighted by Gasteiger charge is 2.24. The van der Waals surface area contributed by atoms with Gasteiger partial charge in [-0.1, -0.05) is 36.4 Å². The third kappa shape index (κ3) is 3.54. The van der Waals surface area contributed by atoms with Crippen molar-refractivity contribution in [3.63, 3.8) is 0 Å². The van der Waals surface area contributed by atoms with E-state index in [1.165, 1.54) is 11.1 Å². The van der Waals surface area contributed by atoms with Gasteiger partial charge in [-0.2, -0.15) is 0 Å². The number of benzene rings is 3. The Morgan fingerprint density at radius 2 is 1.74 bits per heavy atom. The zero-order valence-electron chi connectivity index (χ0n) is 17.0. The second-order valence-corrected chi connectivity index (χ2v) is 7.90. The van der Waals surface area contributed by atoms with Crippen LogP contribution in [0.25, 0.3) is 10.8 Å². The maximum Gasteiger partial charge on any atom is 0.339 e. The number of esters is 1. The van der Waals surface area contributed by atoms with E-state index in [0.717, 1.165) is 30.0 Å². The average molecular weight is 414 g/mol. The lowest BCUT2D eigenvalue weighted by molar-refractivity contribution is -0.119. The highest BCUT2D eigenvalue weighted by Crippen LogP contribution is 2.33. The van der Waals surface area contributed by atoms with Crippen molar-refractivity contribution in [1.82, 2.24) is 0 Å². The molecule has 156 valence electrons. The van der Waals surface area contributed by atoms with E-state index in [2.05, 4.69) is 11.4 Å². The molecule has 1 saturated heterocycles. The molecule has 0 unspecified atom stereocenters. The molecule has 0 atom stereocenters. The lowest BCUT2D eigenvalue weighted by atomic mass is 10.00. The van der Waals surface area contributed by atoms with E-state index < -0.39 is 18.5 Å². The molecule has 1 aliphatic carbocycles. The highest BCUT2D eigenvalue weighted by atomic mass is 16.5. The van der Waals surface area contributed by atoms with Gasteiger partial charge in [0.05, 0.1) is 16.9 Å². The molecule has 1 aliphatic heterocycles. The number of nitrogens with zero attached hydrogens (tertiary/aromatic N) is 1. The summed E-state index contributed by atoms with van der Waals surface area (Å²) in [6, 6.07) is 16.9. The third-order valence-electron chi connectivity index (χ3n) is 5.97. The van der Waals surface area contributed by atoms with Crippen LogP contribution in [-0.4, -0.2) is 30.9 Å². The number of hydrogen-bond acceptors (Lipinski definition) is 4. The van der Waals surface area contributed by atoms with Crippen molar-refractivity contribution in [1.29, 1.82) is 0 Å². The Morgan fingerprint density at radius 3 is 2.55 bits per heavy atom. The van der Waals surface area contributed by atoms with Crippen molar-refractivity contribution in [2.24, 2.45) is 0 Å². The topological polar surface area (TPSA) is 75.7 Å². The summed E-state index contributed by atoms with van der Waals surface area (Å²) in [5.41, 5.74) is 4.15. The number of carbonyl (C=O) groups is 3. The Balaban J connectivity index is 1.29. The highest BCUT2D eigenvalue weighted by molar-refractivity contribution is 6.08. The Labute approximate surface area is 179 Å². The van der Waals surface area contributed by atoms with Crippen molar-refractivity contribution in [2.75, 3.05) is 23.4 Å². The van der Waals surface area contributed by atoms with Gasteiger partial charge in [0.1, 0.15) is 0 Å². The fourth-order valence-electron chi connectivity index (χ4n) is 4.54. The molecule has 0 aromatic heterocycles. The number of nitrogens with one attached hydrogen (secondary N) is 1. The number of hydrogen-bond donors (Lipinski definition) is 1. The normalized spacial score (nSPS) is 14.8. The van der Waals surface area contributed by atoms with E-state index in [0.29, 0.717) is 29.9 Å². The van der Waals surface area contributed by atoms with Crippen molar-refractivity contribution in [2.45, 2.75) is 25.7 Å². The Hall–Kier alpha value is -3.67. The van der Waals surface area contributed by atoms with Gasteiger partial charge in [-0.25, -0.2) is 4.79 Å². The van der Waals surface area contributed by atoms with Gasteiger partial charge in [0.25, 0.3) is 5.91 Å². The summed E-state index contributed by atoms with van der Waals surface area (Å²) in [4.78, 5) is 39.0. The van der Waals surface area contributed by atoms with Crippen molar-refractivity contribution < 1.29 is 19.1 Å². The predicted octanol–water partition coefficient (Wildman–Crippen LogP) is 3.86. The maximum atomic E-state index is 12.7. The quantitative estimate of drug-likeness (QED) is 0.644. The Morgan fingerprint density at radius 1 is 0.935 bits per heavy atom. The summed E-state index contributed by atoms with van der Waals surface area (Å²) < 4.78 is 5.33. The largest absolute Gasteiger partial charge is 0.452 e. The number of anilines is 2. The minimum atomic E-state index is -0.520. The minimum absolute atomic E-state index is 0.0418. The standard InChI is InChI=1S/C25H22N2O4/c28-22(26-20-7-1-2-8-21(20)27-14-4-9-23(27)29)15-31-25(30)19-13-12-17-11-10-16-5-3-6-18(19)24(16)17/h1-3,5-8,12-13H,4,9-11,14-15H2,(H,26,28). The van der Waals surface area contributed by atoms with Gasteiger partial charge in [0.2, 0.25) is 5.91 Å². The lowest BCUT2D eigenvalue weighted by Crippen LogP contribution is -2.27. The molecule has 0 bridgehead atoms. The summed E-state index contributed by atoms with van der Waals surface area (Å²) in [5.74, 6) is -0.924. The molecule has 0 radical (unpaired) electrons. The molecule has 6 nitrogen and oxygen atoms in total. The molecule has 31 heavy (non-hydrogen) atoms. The summed E-state index contributed by atoms with van der Waals surface area (Å²) in [6.07, 6.45) is 3.26. The van der Waals surface area contributed by atoms with Crippen molar-refractivity contribution >= 4 is 39.9 Å². The van der Waals surface area contributed by atoms with Gasteiger partial charge in [-0.15, -0.1) is 0 Å². The molecule has 0 saturated carbocycles. The molecule has 2 aliphatic rings. The van der Waals surface area contributed by atoms with Crippen molar-refractivity contribution in [3.8, 4) is 0 Å². The van der Waals surface area contributed by atoms with E-state index >= 15 is 0 Å². The predicted molar refractivity (Wildman–Crippen MR) is 118 cm³/mol. The molecule has 3 aromatic carbocycles. The molecule has 6 heteroatoms. The summed E-state index contributed by atoms with van der Waals surface area (Å²) >= 11 is 0. The Bertz CT molecular complexity index is 1210. The average Bonchev–Trinajstić information content (AvgIpc) is 3.40. The number of ether oxygens (including phenoxy) is 1. The van der Waals surface area contributed by atoms with Crippen LogP contribution in [0.4, 0.5) is 11.4 Å². The number of rotatable bonds is 5. The minimum Gasteiger partial charge on any atom is -0.452 e. The van der Waals surface area contributed by atoms with Crippen LogP contribution in [0.15, 0.2) is 54.6 Å². The first kappa shape index (κ1) is 19.3. The first-order valence-electron chi connectivity index (χ1n) is 10.5. The molecule has 1 heterocycles. The van der Waals surface area contributed by atoms with E-state index in [9.17, 15) is 14.4 Å². The van der Waals surface area contributed by atoms with Crippen LogP contribution < -0.4 is 10.2 Å². The van der Waals surface area contributed by atoms with Crippen LogP contribution in [0.5, 0.6) is 0 Å². The number of carbonyl (C=O) groups excluding carboxylic acids is 3. The lowest BCUT2D eigenvalue weighted by Gasteiger charge is -2.20. The molecule has 2 amide bonds. The van der Waals surface area contributed by atoms with Crippen LogP contribution in [0.2, 0.25) is 0 Å². The summed E-state index contributed by atoms with van der Waals surface area (Å²) in [7, 11) is 0. The first-order chi connectivity index (χ1) is 15.1. The van der Waals surface area contributed by atoms with Gasteiger partial charge >= 0.3 is 5.97 Å². The fourth-order valence-corrected chi connectivity index (χ4v) is 4.54. The van der Waals surface area contributed by atoms with Gasteiger partial charge in [0.15, 0.2) is 6.61 Å². The molecular weight excluding hydrogens is 392 g/mol. The SMILES string of the molecule is O=C(COC(=O)c1ccc2c3c(cccc13)CC2)Nc1ccccc1N1CCCC1=O. The second kappa shape index (κ2) is 7.87. The third-order valence-corrected chi connectivity index (χ3v) is 5.97. The zero-order valence-corrected chi connectivity index (χ0v) is 17.0. The van der Waals surface area contributed by atoms with Gasteiger partial charge in [-0.3, -0.25) is 9.59 Å². The molecule has 0 spiro atoms. The van der Waals surface area contributed by atoms with Crippen LogP contribution in [0.3, 0.4) is 0 Å². The fraction of sp³-hybridized carbons (Fsp3) is 0.240. The van der Waals surface area contributed by atoms with E-state index in [-0.39, 0.29) is 5.91 Å². The second-order valence-electron chi connectivity index (χ2n) is 7.90. The zero-order chi connectivity index (χ0) is 21.4. The monoisotopic (exact) mass is 414 g/mol. The molecule has 3 aromatic rings. The van der Waals surface area contributed by atoms with Crippen LogP contribution in [0, 0.1) is 0 Å². The first-order valence-corrected chi connectivity index (χ1v) is 10.5. The number of amides is 2. The van der Waals surface area contributed by atoms with E-state index in [4.69, 9.17) is 4.74 Å². The van der Waals surface area contributed by atoms with Crippen LogP contribution >= 0.6 is 0 Å². The summed E-state index contributed by atoms with van der Waals surface area (Å²) in [5, 5.41) is 4.77. The summed E-state index contributed by atoms with van der Waals surface area (Å²) in [6.45, 7) is 0.232. The number of aryl methyl sites for hydroxylation is 2. The van der Waals surface area contributed by atoms with E-state index in [1.807, 2.05) is 24.3 Å². The van der Waals surface area contributed by atoms with Crippen molar-refractivity contribution in [3.05, 3.63) is 71.3 Å². The maximum absolute atomic E-state index is 12.7. The molecule has 1 N–H and O–H groups in total. The van der Waals surface area contributed by atoms with Crippen LogP contribution in [0.1, 0.15) is 34.3 Å². The molecular formula is C25H22N2O4. The van der Waals surface area contributed by atoms with Gasteiger partial charge in [-0.05, 0) is 59.4 Å². The molecule has 1 fully saturated rings. The Kier molecular flexibility index (Phi) is 4.90. The number of para-hydroxylation sites is 2. The van der Waals surface area contributed by atoms with Crippen LogP contribution in [-0.2, 0) is 27.2 Å². The van der Waals surface area contributed by atoms with Gasteiger partial charge in [0, 0.05) is 13.0 Å². The van der Waals surface area contributed by atoms with Gasteiger partial charge < -0.3 is 15.0 Å². The van der Waals surface area contributed by atoms with E-state index in [1.54, 1.807) is 29.2 Å².